The smallest absolute Gasteiger partial charge is 0.455 e. The van der Waals surface area contributed by atoms with E-state index in [1.807, 2.05) is 25.1 Å². The molecule has 0 saturated heterocycles. The third-order valence-corrected chi connectivity index (χ3v) is 3.94. The lowest BCUT2D eigenvalue weighted by Crippen LogP contribution is -2.26. The summed E-state index contributed by atoms with van der Waals surface area (Å²) >= 11 is 0. The first kappa shape index (κ1) is 20.5. The average Bonchev–Trinajstić information content (AvgIpc) is 2.68. The third kappa shape index (κ3) is 7.13. The van der Waals surface area contributed by atoms with Crippen LogP contribution in [0.2, 0.25) is 0 Å². The van der Waals surface area contributed by atoms with Crippen LogP contribution in [0.5, 0.6) is 5.75 Å². The summed E-state index contributed by atoms with van der Waals surface area (Å²) in [5.41, 5.74) is 1.67. The average molecular weight is 370 g/mol. The van der Waals surface area contributed by atoms with Gasteiger partial charge in [-0.3, -0.25) is 0 Å². The molecule has 0 spiro atoms. The van der Waals surface area contributed by atoms with Crippen molar-refractivity contribution < 1.29 is 23.8 Å². The molecule has 0 radical (unpaired) electrons. The fourth-order valence-corrected chi connectivity index (χ4v) is 2.59. The van der Waals surface area contributed by atoms with Gasteiger partial charge in [0.2, 0.25) is 0 Å². The van der Waals surface area contributed by atoms with E-state index in [1.54, 1.807) is 36.4 Å². The lowest BCUT2D eigenvalue weighted by molar-refractivity contribution is 0.000121. The van der Waals surface area contributed by atoms with Crippen LogP contribution >= 0.6 is 0 Å². The highest BCUT2D eigenvalue weighted by Gasteiger charge is 2.18. The Balaban J connectivity index is 1.86. The van der Waals surface area contributed by atoms with Crippen molar-refractivity contribution in [3.63, 3.8) is 0 Å². The van der Waals surface area contributed by atoms with Crippen molar-refractivity contribution in [1.82, 2.24) is 0 Å². The van der Waals surface area contributed by atoms with Gasteiger partial charge in [0.1, 0.15) is 18.5 Å². The number of aryl methyl sites for hydroxylation is 1. The van der Waals surface area contributed by atoms with Crippen molar-refractivity contribution in [3.8, 4) is 5.75 Å². The molecule has 144 valence electrons. The van der Waals surface area contributed by atoms with Crippen molar-refractivity contribution in [1.29, 1.82) is 0 Å². The minimum Gasteiger partial charge on any atom is -0.455 e. The second-order valence-electron chi connectivity index (χ2n) is 6.24. The Kier molecular flexibility index (Phi) is 8.36. The van der Waals surface area contributed by atoms with Crippen LogP contribution in [0.1, 0.15) is 49.0 Å². The Morgan fingerprint density at radius 2 is 1.63 bits per heavy atom. The Morgan fingerprint density at radius 1 is 0.926 bits per heavy atom. The molecule has 0 amide bonds. The van der Waals surface area contributed by atoms with E-state index >= 15 is 0 Å². The standard InChI is InChI=1S/C22H26O5/c1-3-8-17-12-14-18(15-13-17)21(23)26-20(9-4-2)16-25-22(24)27-19-10-6-5-7-11-19/h5-7,10-15,20H,3-4,8-9,16H2,1-2H3. The van der Waals surface area contributed by atoms with Gasteiger partial charge in [-0.15, -0.1) is 0 Å². The molecule has 0 aromatic heterocycles. The van der Waals surface area contributed by atoms with Crippen LogP contribution in [0, 0.1) is 0 Å². The van der Waals surface area contributed by atoms with E-state index in [-0.39, 0.29) is 6.61 Å². The summed E-state index contributed by atoms with van der Waals surface area (Å²) in [6.07, 6.45) is 2.09. The first-order valence-corrected chi connectivity index (χ1v) is 9.32. The van der Waals surface area contributed by atoms with Gasteiger partial charge in [0.15, 0.2) is 0 Å². The minimum atomic E-state index is -0.817. The molecular weight excluding hydrogens is 344 g/mol. The Hall–Kier alpha value is -2.82. The SMILES string of the molecule is CCCc1ccc(C(=O)OC(CCC)COC(=O)Oc2ccccc2)cc1. The largest absolute Gasteiger partial charge is 0.513 e. The molecule has 2 aromatic carbocycles. The lowest BCUT2D eigenvalue weighted by Gasteiger charge is -2.17. The first-order chi connectivity index (χ1) is 13.1. The van der Waals surface area contributed by atoms with E-state index in [4.69, 9.17) is 14.2 Å². The van der Waals surface area contributed by atoms with Crippen molar-refractivity contribution in [3.05, 3.63) is 65.7 Å². The summed E-state index contributed by atoms with van der Waals surface area (Å²) in [5.74, 6) is -0.0183. The molecule has 2 rings (SSSR count). The molecule has 0 fully saturated rings. The maximum atomic E-state index is 12.3. The third-order valence-electron chi connectivity index (χ3n) is 3.94. The van der Waals surface area contributed by atoms with Crippen LogP contribution in [0.25, 0.3) is 0 Å². The maximum Gasteiger partial charge on any atom is 0.513 e. The molecule has 0 heterocycles. The molecule has 5 heteroatoms. The Labute approximate surface area is 160 Å². The lowest BCUT2D eigenvalue weighted by atomic mass is 10.1. The van der Waals surface area contributed by atoms with Gasteiger partial charge in [0, 0.05) is 0 Å². The summed E-state index contributed by atoms with van der Waals surface area (Å²) in [6.45, 7) is 4.04. The molecule has 0 N–H and O–H groups in total. The molecule has 5 nitrogen and oxygen atoms in total. The van der Waals surface area contributed by atoms with Crippen molar-refractivity contribution >= 4 is 12.1 Å². The summed E-state index contributed by atoms with van der Waals surface area (Å²) in [6, 6.07) is 16.1. The molecule has 0 bridgehead atoms. The van der Waals surface area contributed by atoms with Gasteiger partial charge >= 0.3 is 12.1 Å². The summed E-state index contributed by atoms with van der Waals surface area (Å²) in [5, 5.41) is 0. The second kappa shape index (κ2) is 11.0. The Morgan fingerprint density at radius 3 is 2.26 bits per heavy atom. The molecule has 2 aromatic rings. The number of benzene rings is 2. The summed E-state index contributed by atoms with van der Waals surface area (Å²) < 4.78 is 15.7. The highest BCUT2D eigenvalue weighted by molar-refractivity contribution is 5.89. The number of esters is 1. The fourth-order valence-electron chi connectivity index (χ4n) is 2.59. The Bertz CT molecular complexity index is 709. The number of carbonyl (C=O) groups excluding carboxylic acids is 2. The minimum absolute atomic E-state index is 0.0425. The molecule has 0 aliphatic heterocycles. The molecular formula is C22H26O5. The van der Waals surface area contributed by atoms with Crippen LogP contribution in [0.4, 0.5) is 4.79 Å². The number of hydrogen-bond donors (Lipinski definition) is 0. The van der Waals surface area contributed by atoms with Gasteiger partial charge in [0.05, 0.1) is 5.56 Å². The van der Waals surface area contributed by atoms with Gasteiger partial charge in [-0.05, 0) is 42.7 Å². The summed E-state index contributed by atoms with van der Waals surface area (Å²) in [4.78, 5) is 24.1. The normalized spacial score (nSPS) is 11.5. The van der Waals surface area contributed by atoms with Crippen LogP contribution in [0.3, 0.4) is 0 Å². The number of carbonyl (C=O) groups is 2. The molecule has 1 atom stereocenters. The van der Waals surface area contributed by atoms with Crippen LogP contribution in [0.15, 0.2) is 54.6 Å². The van der Waals surface area contributed by atoms with E-state index in [0.717, 1.165) is 19.3 Å². The quantitative estimate of drug-likeness (QED) is 0.449. The zero-order valence-electron chi connectivity index (χ0n) is 15.9. The predicted octanol–water partition coefficient (Wildman–Crippen LogP) is 5.18. The molecule has 0 saturated carbocycles. The van der Waals surface area contributed by atoms with Gasteiger partial charge < -0.3 is 14.2 Å². The van der Waals surface area contributed by atoms with Crippen molar-refractivity contribution in [2.75, 3.05) is 6.61 Å². The molecule has 0 aliphatic carbocycles. The van der Waals surface area contributed by atoms with Gasteiger partial charge in [0.25, 0.3) is 0 Å². The number of rotatable bonds is 9. The molecule has 0 aliphatic rings. The predicted molar refractivity (Wildman–Crippen MR) is 103 cm³/mol. The van der Waals surface area contributed by atoms with E-state index in [2.05, 4.69) is 6.92 Å². The van der Waals surface area contributed by atoms with Crippen LogP contribution in [-0.2, 0) is 15.9 Å². The summed E-state index contributed by atoms with van der Waals surface area (Å²) in [7, 11) is 0. The van der Waals surface area contributed by atoms with Crippen molar-refractivity contribution in [2.45, 2.75) is 45.6 Å². The highest BCUT2D eigenvalue weighted by Crippen LogP contribution is 2.13. The van der Waals surface area contributed by atoms with Crippen LogP contribution in [-0.4, -0.2) is 24.8 Å². The van der Waals surface area contributed by atoms with E-state index < -0.39 is 18.2 Å². The van der Waals surface area contributed by atoms with Crippen molar-refractivity contribution in [2.24, 2.45) is 0 Å². The fraction of sp³-hybridized carbons (Fsp3) is 0.364. The second-order valence-corrected chi connectivity index (χ2v) is 6.24. The number of para-hydroxylation sites is 1. The van der Waals surface area contributed by atoms with Gasteiger partial charge in [-0.1, -0.05) is 57.0 Å². The van der Waals surface area contributed by atoms with E-state index in [1.165, 1.54) is 5.56 Å². The molecule has 1 unspecified atom stereocenters. The number of hydrogen-bond acceptors (Lipinski definition) is 5. The first-order valence-electron chi connectivity index (χ1n) is 9.32. The van der Waals surface area contributed by atoms with Crippen LogP contribution < -0.4 is 4.74 Å². The number of ether oxygens (including phenoxy) is 3. The zero-order valence-corrected chi connectivity index (χ0v) is 15.9. The van der Waals surface area contributed by atoms with Gasteiger partial charge in [-0.2, -0.15) is 0 Å². The highest BCUT2D eigenvalue weighted by atomic mass is 16.7. The maximum absolute atomic E-state index is 12.3. The topological polar surface area (TPSA) is 61.8 Å². The van der Waals surface area contributed by atoms with E-state index in [0.29, 0.717) is 17.7 Å². The van der Waals surface area contributed by atoms with Gasteiger partial charge in [-0.25, -0.2) is 9.59 Å². The molecule has 27 heavy (non-hydrogen) atoms. The monoisotopic (exact) mass is 370 g/mol. The van der Waals surface area contributed by atoms with E-state index in [9.17, 15) is 9.59 Å². The zero-order chi connectivity index (χ0) is 19.5.